The van der Waals surface area contributed by atoms with E-state index in [0.717, 1.165) is 19.4 Å². The van der Waals surface area contributed by atoms with Gasteiger partial charge in [0.25, 0.3) is 0 Å². The van der Waals surface area contributed by atoms with E-state index in [1.807, 2.05) is 0 Å². The number of unbranched alkanes of at least 4 members (excludes halogenated alkanes) is 1. The normalized spacial score (nSPS) is 11.3. The number of hydrogen-bond donors (Lipinski definition) is 1. The number of benzene rings is 4. The van der Waals surface area contributed by atoms with Crippen LogP contribution >= 0.6 is 12.4 Å². The average molecular weight is 310 g/mol. The molecule has 0 saturated carbocycles. The van der Waals surface area contributed by atoms with Crippen LogP contribution in [0.25, 0.3) is 32.3 Å². The molecular weight excluding hydrogens is 290 g/mol. The Morgan fingerprint density at radius 2 is 1.32 bits per heavy atom. The molecule has 22 heavy (non-hydrogen) atoms. The molecule has 0 atom stereocenters. The maximum absolute atomic E-state index is 5.62. The number of hydrogen-bond acceptors (Lipinski definition) is 1. The van der Waals surface area contributed by atoms with Crippen molar-refractivity contribution in [3.05, 3.63) is 60.2 Å². The van der Waals surface area contributed by atoms with E-state index in [2.05, 4.69) is 54.6 Å². The highest BCUT2D eigenvalue weighted by atomic mass is 35.5. The topological polar surface area (TPSA) is 26.0 Å². The van der Waals surface area contributed by atoms with Crippen molar-refractivity contribution >= 4 is 44.7 Å². The van der Waals surface area contributed by atoms with Crippen LogP contribution in [0.1, 0.15) is 18.4 Å². The van der Waals surface area contributed by atoms with Crippen LogP contribution in [0.3, 0.4) is 0 Å². The molecule has 0 amide bonds. The van der Waals surface area contributed by atoms with E-state index in [-0.39, 0.29) is 12.4 Å². The summed E-state index contributed by atoms with van der Waals surface area (Å²) >= 11 is 0. The third-order valence-corrected chi connectivity index (χ3v) is 4.52. The number of halogens is 1. The van der Waals surface area contributed by atoms with Gasteiger partial charge < -0.3 is 5.73 Å². The molecule has 0 radical (unpaired) electrons. The van der Waals surface area contributed by atoms with E-state index < -0.39 is 0 Å². The molecule has 0 aliphatic heterocycles. The average Bonchev–Trinajstić information content (AvgIpc) is 2.54. The summed E-state index contributed by atoms with van der Waals surface area (Å²) in [6.07, 6.45) is 3.38. The van der Waals surface area contributed by atoms with Gasteiger partial charge in [-0.3, -0.25) is 0 Å². The van der Waals surface area contributed by atoms with Gasteiger partial charge in [-0.25, -0.2) is 0 Å². The van der Waals surface area contributed by atoms with Crippen molar-refractivity contribution in [3.63, 3.8) is 0 Å². The van der Waals surface area contributed by atoms with Crippen LogP contribution in [0.2, 0.25) is 0 Å². The van der Waals surface area contributed by atoms with Crippen LogP contribution < -0.4 is 5.73 Å². The van der Waals surface area contributed by atoms with E-state index in [9.17, 15) is 0 Å². The monoisotopic (exact) mass is 309 g/mol. The molecule has 2 N–H and O–H groups in total. The van der Waals surface area contributed by atoms with Crippen LogP contribution in [0.4, 0.5) is 0 Å². The van der Waals surface area contributed by atoms with Crippen molar-refractivity contribution < 1.29 is 0 Å². The Morgan fingerprint density at radius 3 is 2.05 bits per heavy atom. The molecule has 4 rings (SSSR count). The zero-order valence-corrected chi connectivity index (χ0v) is 13.3. The lowest BCUT2D eigenvalue weighted by molar-refractivity contribution is 0.747. The van der Waals surface area contributed by atoms with Crippen LogP contribution in [0, 0.1) is 0 Å². The molecule has 0 aliphatic carbocycles. The molecule has 1 nitrogen and oxygen atoms in total. The van der Waals surface area contributed by atoms with Gasteiger partial charge in [-0.05, 0) is 63.7 Å². The fourth-order valence-electron chi connectivity index (χ4n) is 3.47. The van der Waals surface area contributed by atoms with Gasteiger partial charge in [-0.2, -0.15) is 0 Å². The fourth-order valence-corrected chi connectivity index (χ4v) is 3.47. The molecular formula is C20H20ClN. The lowest BCUT2D eigenvalue weighted by atomic mass is 9.90. The Kier molecular flexibility index (Phi) is 4.19. The predicted molar refractivity (Wildman–Crippen MR) is 99.4 cm³/mol. The Hall–Kier alpha value is -1.83. The van der Waals surface area contributed by atoms with Crippen LogP contribution in [-0.4, -0.2) is 6.54 Å². The third kappa shape index (κ3) is 2.31. The molecule has 0 heterocycles. The second-order valence-corrected chi connectivity index (χ2v) is 5.83. The lowest BCUT2D eigenvalue weighted by Gasteiger charge is -2.13. The van der Waals surface area contributed by atoms with Gasteiger partial charge in [0.05, 0.1) is 0 Å². The maximum atomic E-state index is 5.62. The summed E-state index contributed by atoms with van der Waals surface area (Å²) in [5.74, 6) is 0. The summed E-state index contributed by atoms with van der Waals surface area (Å²) in [5.41, 5.74) is 7.08. The highest BCUT2D eigenvalue weighted by Crippen LogP contribution is 2.36. The molecule has 2 heteroatoms. The first kappa shape index (κ1) is 15.1. The summed E-state index contributed by atoms with van der Waals surface area (Å²) in [6.45, 7) is 0.784. The number of aryl methyl sites for hydroxylation is 1. The van der Waals surface area contributed by atoms with Crippen molar-refractivity contribution in [3.8, 4) is 0 Å². The van der Waals surface area contributed by atoms with Gasteiger partial charge in [-0.15, -0.1) is 12.4 Å². The summed E-state index contributed by atoms with van der Waals surface area (Å²) in [7, 11) is 0. The summed E-state index contributed by atoms with van der Waals surface area (Å²) < 4.78 is 0. The molecule has 0 bridgehead atoms. The summed E-state index contributed by atoms with van der Waals surface area (Å²) in [6, 6.07) is 20.2. The van der Waals surface area contributed by atoms with Gasteiger partial charge in [0.1, 0.15) is 0 Å². The maximum Gasteiger partial charge on any atom is -0.00240 e. The first-order valence-electron chi connectivity index (χ1n) is 7.74. The highest BCUT2D eigenvalue weighted by Gasteiger charge is 2.10. The molecule has 0 fully saturated rings. The first-order valence-corrected chi connectivity index (χ1v) is 7.74. The molecule has 112 valence electrons. The second-order valence-electron chi connectivity index (χ2n) is 5.83. The van der Waals surface area contributed by atoms with Crippen molar-refractivity contribution in [1.82, 2.24) is 0 Å². The molecule has 0 saturated heterocycles. The number of rotatable bonds is 4. The molecule has 0 spiro atoms. The van der Waals surface area contributed by atoms with Gasteiger partial charge in [0.15, 0.2) is 0 Å². The van der Waals surface area contributed by atoms with Crippen molar-refractivity contribution in [2.45, 2.75) is 19.3 Å². The van der Waals surface area contributed by atoms with E-state index in [4.69, 9.17) is 5.73 Å². The smallest absolute Gasteiger partial charge is 0.00240 e. The van der Waals surface area contributed by atoms with Gasteiger partial charge in [-0.1, -0.05) is 54.6 Å². The minimum atomic E-state index is 0. The molecule has 4 aromatic carbocycles. The number of nitrogens with two attached hydrogens (primary N) is 1. The first-order chi connectivity index (χ1) is 10.4. The van der Waals surface area contributed by atoms with Crippen molar-refractivity contribution in [2.24, 2.45) is 5.73 Å². The molecule has 0 unspecified atom stereocenters. The van der Waals surface area contributed by atoms with Crippen LogP contribution in [0.5, 0.6) is 0 Å². The molecule has 0 aromatic heterocycles. The summed E-state index contributed by atoms with van der Waals surface area (Å²) in [4.78, 5) is 0. The van der Waals surface area contributed by atoms with Crippen molar-refractivity contribution in [2.75, 3.05) is 6.54 Å². The largest absolute Gasteiger partial charge is 0.330 e. The Morgan fingerprint density at radius 1 is 0.682 bits per heavy atom. The second kappa shape index (κ2) is 6.12. The van der Waals surface area contributed by atoms with E-state index >= 15 is 0 Å². The van der Waals surface area contributed by atoms with Gasteiger partial charge >= 0.3 is 0 Å². The molecule has 0 aliphatic rings. The minimum Gasteiger partial charge on any atom is -0.330 e. The van der Waals surface area contributed by atoms with Crippen LogP contribution in [-0.2, 0) is 6.42 Å². The fraction of sp³-hybridized carbons (Fsp3) is 0.200. The van der Waals surface area contributed by atoms with Crippen LogP contribution in [0.15, 0.2) is 54.6 Å². The predicted octanol–water partition coefficient (Wildman–Crippen LogP) is 5.29. The third-order valence-electron chi connectivity index (χ3n) is 4.52. The minimum absolute atomic E-state index is 0. The lowest BCUT2D eigenvalue weighted by Crippen LogP contribution is -1.99. The van der Waals surface area contributed by atoms with E-state index in [0.29, 0.717) is 0 Å². The Labute approximate surface area is 136 Å². The molecule has 4 aromatic rings. The highest BCUT2D eigenvalue weighted by molar-refractivity contribution is 6.23. The van der Waals surface area contributed by atoms with Gasteiger partial charge in [0, 0.05) is 0 Å². The van der Waals surface area contributed by atoms with E-state index in [1.54, 1.807) is 0 Å². The SMILES string of the molecule is Cl.NCCCCc1ccc2ccc3cccc4ccc1c2c34. The van der Waals surface area contributed by atoms with E-state index in [1.165, 1.54) is 44.3 Å². The van der Waals surface area contributed by atoms with Gasteiger partial charge in [0.2, 0.25) is 0 Å². The zero-order valence-electron chi connectivity index (χ0n) is 12.5. The quantitative estimate of drug-likeness (QED) is 0.402. The Balaban J connectivity index is 0.00000144. The Bertz CT molecular complexity index is 898. The summed E-state index contributed by atoms with van der Waals surface area (Å²) in [5, 5.41) is 8.27. The zero-order chi connectivity index (χ0) is 14.2. The standard InChI is InChI=1S/C20H19N.ClH/c21-13-2-1-4-14-7-8-17-10-9-15-5-3-6-16-11-12-18(14)20(17)19(15)16;/h3,5-12H,1-2,4,13,21H2;1H. The van der Waals surface area contributed by atoms with Crippen molar-refractivity contribution in [1.29, 1.82) is 0 Å².